The van der Waals surface area contributed by atoms with Gasteiger partial charge in [-0.25, -0.2) is 0 Å². The van der Waals surface area contributed by atoms with Crippen molar-refractivity contribution in [3.63, 3.8) is 0 Å². The second-order valence-corrected chi connectivity index (χ2v) is 14.7. The zero-order valence-corrected chi connectivity index (χ0v) is 37.6. The predicted molar refractivity (Wildman–Crippen MR) is 193 cm³/mol. The number of carboxylic acids is 1. The molecule has 298 valence electrons. The Balaban J connectivity index is 0.0000140. The fourth-order valence-corrected chi connectivity index (χ4v) is 6.21. The van der Waals surface area contributed by atoms with Gasteiger partial charge in [0.2, 0.25) is 11.8 Å². The van der Waals surface area contributed by atoms with Crippen molar-refractivity contribution in [1.82, 2.24) is 5.32 Å². The summed E-state index contributed by atoms with van der Waals surface area (Å²) in [5.41, 5.74) is 5.89. The zero-order valence-electron chi connectivity index (χ0n) is 33.6. The van der Waals surface area contributed by atoms with Gasteiger partial charge in [-0.3, -0.25) is 9.59 Å². The Morgan fingerprint density at radius 2 is 1.61 bits per heavy atom. The van der Waals surface area contributed by atoms with Gasteiger partial charge in [0, 0.05) is 25.1 Å². The van der Waals surface area contributed by atoms with Gasteiger partial charge in [0.15, 0.2) is 6.29 Å². The van der Waals surface area contributed by atoms with Crippen LogP contribution >= 0.6 is 0 Å². The van der Waals surface area contributed by atoms with Crippen molar-refractivity contribution >= 4 is 17.8 Å². The number of carbonyl (C=O) groups excluding carboxylic acids is 3. The Morgan fingerprint density at radius 3 is 2.20 bits per heavy atom. The first-order valence-electron chi connectivity index (χ1n) is 18.9. The number of hydrogen-bond acceptors (Lipinski definition) is 11. The number of aryl methyl sites for hydroxylation is 1. The Morgan fingerprint density at radius 1 is 0.981 bits per heavy atom. The van der Waals surface area contributed by atoms with E-state index in [1.807, 2.05) is 30.3 Å². The summed E-state index contributed by atoms with van der Waals surface area (Å²) in [5, 5.41) is 47.0. The van der Waals surface area contributed by atoms with Crippen LogP contribution in [0.15, 0.2) is 30.3 Å². The molecule has 1 aliphatic heterocycles. The molecule has 1 aromatic rings. The number of nitrogens with one attached hydrogen (secondary N) is 1. The Bertz CT molecular complexity index is 1180. The maximum atomic E-state index is 13.5. The van der Waals surface area contributed by atoms with E-state index >= 15 is 0 Å². The quantitative estimate of drug-likeness (QED) is 0.0334. The molecule has 1 saturated heterocycles. The molecule has 0 bridgehead atoms. The molecule has 1 heterocycles. The van der Waals surface area contributed by atoms with Crippen molar-refractivity contribution in [2.24, 2.45) is 17.6 Å². The summed E-state index contributed by atoms with van der Waals surface area (Å²) in [5.74, 6) is -4.44. The molecule has 0 radical (unpaired) electrons. The first-order chi connectivity index (χ1) is 24.7. The van der Waals surface area contributed by atoms with Crippen molar-refractivity contribution in [3.05, 3.63) is 42.8 Å². The number of aliphatic hydroxyl groups excluding tert-OH is 3. The molecular formula is C39H64N2Na2O11. The Labute approximate surface area is 366 Å². The van der Waals surface area contributed by atoms with E-state index in [4.69, 9.17) is 24.7 Å². The molecule has 2 amide bonds. The van der Waals surface area contributed by atoms with Gasteiger partial charge in [-0.15, -0.1) is 0 Å². The van der Waals surface area contributed by atoms with Crippen LogP contribution in [0.2, 0.25) is 0 Å². The molecule has 0 saturated carbocycles. The van der Waals surface area contributed by atoms with Gasteiger partial charge >= 0.3 is 59.1 Å². The van der Waals surface area contributed by atoms with Gasteiger partial charge in [-0.1, -0.05) is 88.7 Å². The third-order valence-electron chi connectivity index (χ3n) is 9.27. The van der Waals surface area contributed by atoms with E-state index in [1.165, 1.54) is 0 Å². The molecule has 15 heteroatoms. The smallest absolute Gasteiger partial charge is 0.550 e. The molecule has 9 atom stereocenters. The number of hydrogen-bond donors (Lipinski definition) is 5. The normalized spacial score (nSPS) is 22.2. The van der Waals surface area contributed by atoms with E-state index in [9.17, 15) is 34.8 Å². The summed E-state index contributed by atoms with van der Waals surface area (Å²) in [6.07, 6.45) is -1.40. The van der Waals surface area contributed by atoms with Crippen LogP contribution in [0, 0.1) is 18.8 Å². The summed E-state index contributed by atoms with van der Waals surface area (Å²) < 4.78 is 23.6. The zero-order chi connectivity index (χ0) is 38.7. The number of ether oxygens (including phenoxy) is 4. The standard InChI is InChI=1S/C39H65N2O11.2Na/c1-6-7-8-9-10-14-22-50-38-33(44)34(32(43)30(52-38)21-23-49-26(2)25-42)51-31(35(40)45)24-29(36(46)41-39(3,4)5)20-19-28(37(47)48)18-17-27-15-12-11-13-16-27;;/h11-13,15-16,26,28-34,38,42-44H,3,6-10,14,17-25H2,1-2,4-5H3,(H2,40,45)(H,41,46)(H,47,48);;/q-1;2*+1/p-1. The van der Waals surface area contributed by atoms with Gasteiger partial charge in [-0.05, 0) is 63.4 Å². The second-order valence-electron chi connectivity index (χ2n) is 14.7. The Hall–Kier alpha value is -0.650. The molecule has 54 heavy (non-hydrogen) atoms. The molecule has 1 aromatic carbocycles. The van der Waals surface area contributed by atoms with Gasteiger partial charge in [0.1, 0.15) is 24.4 Å². The van der Waals surface area contributed by atoms with Crippen LogP contribution in [0.5, 0.6) is 0 Å². The predicted octanol–water partition coefficient (Wildman–Crippen LogP) is -3.64. The first kappa shape index (κ1) is 53.4. The molecule has 6 N–H and O–H groups in total. The van der Waals surface area contributed by atoms with E-state index in [0.717, 1.165) is 44.1 Å². The molecule has 13 nitrogen and oxygen atoms in total. The van der Waals surface area contributed by atoms with Gasteiger partial charge in [0.25, 0.3) is 0 Å². The molecule has 1 aliphatic rings. The Kier molecular flexibility index (Phi) is 28.4. The van der Waals surface area contributed by atoms with Crippen molar-refractivity contribution < 1.29 is 113 Å². The second kappa shape index (κ2) is 28.7. The minimum Gasteiger partial charge on any atom is -0.550 e. The maximum Gasteiger partial charge on any atom is 1.00 e. The molecule has 9 unspecified atom stereocenters. The summed E-state index contributed by atoms with van der Waals surface area (Å²) in [6, 6.07) is 9.44. The topological polar surface area (TPSA) is 210 Å². The summed E-state index contributed by atoms with van der Waals surface area (Å²) >= 11 is 0. The largest absolute Gasteiger partial charge is 1.00 e. The van der Waals surface area contributed by atoms with Crippen LogP contribution in [-0.2, 0) is 39.8 Å². The van der Waals surface area contributed by atoms with Crippen molar-refractivity contribution in [2.75, 3.05) is 19.8 Å². The minimum atomic E-state index is -1.52. The van der Waals surface area contributed by atoms with Crippen molar-refractivity contribution in [3.8, 4) is 0 Å². The average molecular weight is 783 g/mol. The van der Waals surface area contributed by atoms with E-state index in [2.05, 4.69) is 19.2 Å². The number of benzene rings is 1. The fourth-order valence-electron chi connectivity index (χ4n) is 6.21. The number of rotatable bonds is 27. The van der Waals surface area contributed by atoms with Crippen LogP contribution in [0.1, 0.15) is 104 Å². The molecule has 0 aliphatic carbocycles. The number of carboxylic acid groups (broad SMARTS) is 1. The number of amides is 2. The van der Waals surface area contributed by atoms with E-state index in [0.29, 0.717) is 12.8 Å². The van der Waals surface area contributed by atoms with Gasteiger partial charge in [0.05, 0.1) is 18.8 Å². The number of primary amides is 1. The van der Waals surface area contributed by atoms with E-state index < -0.39 is 78.1 Å². The third kappa shape index (κ3) is 20.7. The van der Waals surface area contributed by atoms with Gasteiger partial charge in [-0.2, -0.15) is 0 Å². The van der Waals surface area contributed by atoms with Gasteiger partial charge < -0.3 is 62.1 Å². The summed E-state index contributed by atoms with van der Waals surface area (Å²) in [4.78, 5) is 38.5. The molecule has 0 spiro atoms. The van der Waals surface area contributed by atoms with Crippen LogP contribution < -0.4 is 75.3 Å². The molecule has 2 rings (SSSR count). The molecule has 0 aromatic heterocycles. The minimum absolute atomic E-state index is 0. The van der Waals surface area contributed by atoms with Crippen LogP contribution in [0.3, 0.4) is 0 Å². The summed E-state index contributed by atoms with van der Waals surface area (Å²) in [7, 11) is 0. The number of unbranched alkanes of at least 4 members (excludes halogenated alkanes) is 5. The monoisotopic (exact) mass is 782 g/mol. The van der Waals surface area contributed by atoms with E-state index in [1.54, 1.807) is 20.8 Å². The summed E-state index contributed by atoms with van der Waals surface area (Å²) in [6.45, 7) is 11.4. The van der Waals surface area contributed by atoms with Crippen molar-refractivity contribution in [2.45, 2.75) is 153 Å². The van der Waals surface area contributed by atoms with Crippen LogP contribution in [0.25, 0.3) is 0 Å². The number of carbonyl (C=O) groups is 3. The molecular weight excluding hydrogens is 718 g/mol. The molecule has 1 fully saturated rings. The average Bonchev–Trinajstić information content (AvgIpc) is 3.09. The maximum absolute atomic E-state index is 13.5. The number of aliphatic hydroxyl groups is 3. The number of aliphatic carboxylic acids is 1. The van der Waals surface area contributed by atoms with Crippen LogP contribution in [0.4, 0.5) is 0 Å². The van der Waals surface area contributed by atoms with E-state index in [-0.39, 0.29) is 105 Å². The van der Waals surface area contributed by atoms with Crippen LogP contribution in [-0.4, -0.2) is 101 Å². The van der Waals surface area contributed by atoms with Crippen molar-refractivity contribution in [1.29, 1.82) is 0 Å². The third-order valence-corrected chi connectivity index (χ3v) is 9.27. The SMILES string of the molecule is [CH2-]C(C)(C)NC(=O)C(CCC(CCc1ccccc1)C(=O)[O-])CC(OC1C(O)C(CCOC(C)CO)OC(OCCCCCCCC)C1O)C(N)=O.[Na+].[Na+]. The number of nitrogens with two attached hydrogens (primary N) is 1. The first-order valence-corrected chi connectivity index (χ1v) is 18.9. The fraction of sp³-hybridized carbons (Fsp3) is 0.744.